The molecule has 18 heavy (non-hydrogen) atoms. The number of carbonyl (C=O) groups is 1. The first-order valence-electron chi connectivity index (χ1n) is 5.41. The second-order valence-electron chi connectivity index (χ2n) is 3.97. The van der Waals surface area contributed by atoms with Crippen molar-refractivity contribution in [2.24, 2.45) is 5.41 Å². The maximum Gasteiger partial charge on any atom is 0.333 e. The summed E-state index contributed by atoms with van der Waals surface area (Å²) in [6.45, 7) is 3.44. The minimum absolute atomic E-state index is 0.00259. The zero-order chi connectivity index (χ0) is 14.0. The fraction of sp³-hybridized carbons (Fsp3) is 0.727. The van der Waals surface area contributed by atoms with Crippen LogP contribution in [0.2, 0.25) is 0 Å². The van der Waals surface area contributed by atoms with E-state index in [1.54, 1.807) is 0 Å². The number of hydrogen-bond donors (Lipinski definition) is 3. The Kier molecular flexibility index (Phi) is 8.51. The quantitative estimate of drug-likeness (QED) is 0.153. The number of aliphatic hydroxyl groups excluding tert-OH is 3. The van der Waals surface area contributed by atoms with Gasteiger partial charge in [-0.1, -0.05) is 6.58 Å². The Morgan fingerprint density at radius 2 is 1.67 bits per heavy atom. The van der Waals surface area contributed by atoms with Gasteiger partial charge in [-0.15, -0.1) is 0 Å². The molecule has 0 aliphatic carbocycles. The molecule has 0 saturated heterocycles. The first-order chi connectivity index (χ1) is 8.51. The molecule has 0 amide bonds. The second kappa shape index (κ2) is 9.01. The molecule has 0 fully saturated rings. The number of aliphatic hydroxyl groups is 3. The van der Waals surface area contributed by atoms with Gasteiger partial charge in [-0.2, -0.15) is 0 Å². The van der Waals surface area contributed by atoms with Gasteiger partial charge < -0.3 is 20.1 Å². The van der Waals surface area contributed by atoms with Crippen LogP contribution in [0.25, 0.3) is 0 Å². The number of carbonyl (C=O) groups excluding carboxylic acids is 1. The summed E-state index contributed by atoms with van der Waals surface area (Å²) < 4.78 is 4.72. The molecule has 0 bridgehead atoms. The summed E-state index contributed by atoms with van der Waals surface area (Å²) >= 11 is 0. The lowest BCUT2D eigenvalue weighted by molar-refractivity contribution is -0.319. The molecule has 0 heterocycles. The van der Waals surface area contributed by atoms with E-state index in [1.807, 2.05) is 0 Å². The molecule has 0 atom stereocenters. The molecule has 0 unspecified atom stereocenters. The molecule has 0 radical (unpaired) electrons. The third kappa shape index (κ3) is 6.08. The third-order valence-corrected chi connectivity index (χ3v) is 2.20. The number of hydrogen-bond acceptors (Lipinski definition) is 7. The van der Waals surface area contributed by atoms with Crippen molar-refractivity contribution in [2.75, 3.05) is 39.6 Å². The lowest BCUT2D eigenvalue weighted by atomic mass is 9.93. The van der Waals surface area contributed by atoms with Crippen molar-refractivity contribution in [1.29, 1.82) is 0 Å². The summed E-state index contributed by atoms with van der Waals surface area (Å²) in [5.41, 5.74) is -0.857. The van der Waals surface area contributed by atoms with Crippen LogP contribution in [0.3, 0.4) is 0 Å². The van der Waals surface area contributed by atoms with E-state index in [-0.39, 0.29) is 25.4 Å². The molecule has 0 aliphatic rings. The molecule has 0 rings (SSSR count). The van der Waals surface area contributed by atoms with Gasteiger partial charge in [0.05, 0.1) is 31.8 Å². The maximum absolute atomic E-state index is 11.0. The van der Waals surface area contributed by atoms with E-state index in [9.17, 15) is 4.79 Å². The number of rotatable bonds is 10. The van der Waals surface area contributed by atoms with Gasteiger partial charge in [0.1, 0.15) is 13.2 Å². The lowest BCUT2D eigenvalue weighted by Gasteiger charge is -2.25. The summed E-state index contributed by atoms with van der Waals surface area (Å²) in [6, 6.07) is 0. The van der Waals surface area contributed by atoms with Crippen molar-refractivity contribution >= 4 is 5.97 Å². The molecule has 0 aromatic rings. The number of esters is 1. The molecule has 106 valence electrons. The van der Waals surface area contributed by atoms with Crippen molar-refractivity contribution < 1.29 is 34.6 Å². The molecule has 0 aromatic heterocycles. The predicted octanol–water partition coefficient (Wildman–Crippen LogP) is -0.983. The smallest absolute Gasteiger partial charge is 0.333 e. The van der Waals surface area contributed by atoms with Gasteiger partial charge in [-0.25, -0.2) is 14.6 Å². The monoisotopic (exact) mass is 264 g/mol. The fourth-order valence-electron chi connectivity index (χ4n) is 0.804. The van der Waals surface area contributed by atoms with Gasteiger partial charge in [-0.05, 0) is 6.92 Å². The normalized spacial score (nSPS) is 11.3. The van der Waals surface area contributed by atoms with E-state index in [0.29, 0.717) is 0 Å². The second-order valence-corrected chi connectivity index (χ2v) is 3.97. The van der Waals surface area contributed by atoms with Gasteiger partial charge in [0.2, 0.25) is 0 Å². The van der Waals surface area contributed by atoms with Crippen molar-refractivity contribution in [1.82, 2.24) is 0 Å². The highest BCUT2D eigenvalue weighted by atomic mass is 17.2. The minimum atomic E-state index is -1.14. The molecule has 7 heteroatoms. The summed E-state index contributed by atoms with van der Waals surface area (Å²) in [5, 5.41) is 26.9. The Morgan fingerprint density at radius 3 is 2.11 bits per heavy atom. The maximum atomic E-state index is 11.0. The van der Waals surface area contributed by atoms with E-state index in [1.165, 1.54) is 6.92 Å². The average molecular weight is 264 g/mol. The van der Waals surface area contributed by atoms with Crippen molar-refractivity contribution in [3.05, 3.63) is 12.2 Å². The van der Waals surface area contributed by atoms with Crippen LogP contribution in [0.5, 0.6) is 0 Å². The predicted molar refractivity (Wildman–Crippen MR) is 61.4 cm³/mol. The largest absolute Gasteiger partial charge is 0.460 e. The molecular weight excluding hydrogens is 244 g/mol. The highest BCUT2D eigenvalue weighted by Crippen LogP contribution is 2.14. The van der Waals surface area contributed by atoms with Crippen molar-refractivity contribution in [3.8, 4) is 0 Å². The van der Waals surface area contributed by atoms with Gasteiger partial charge in [0.15, 0.2) is 0 Å². The first kappa shape index (κ1) is 17.0. The molecular formula is C11H20O7. The molecule has 0 saturated carbocycles. The zero-order valence-electron chi connectivity index (χ0n) is 10.4. The van der Waals surface area contributed by atoms with Crippen LogP contribution in [-0.2, 0) is 19.3 Å². The van der Waals surface area contributed by atoms with Crippen molar-refractivity contribution in [2.45, 2.75) is 6.92 Å². The van der Waals surface area contributed by atoms with Crippen LogP contribution in [0.4, 0.5) is 0 Å². The van der Waals surface area contributed by atoms with Crippen LogP contribution >= 0.6 is 0 Å². The van der Waals surface area contributed by atoms with E-state index in [0.717, 1.165) is 0 Å². The highest BCUT2D eigenvalue weighted by molar-refractivity contribution is 5.86. The molecule has 0 spiro atoms. The van der Waals surface area contributed by atoms with Gasteiger partial charge in [-0.3, -0.25) is 0 Å². The van der Waals surface area contributed by atoms with Gasteiger partial charge in [0.25, 0.3) is 0 Å². The first-order valence-corrected chi connectivity index (χ1v) is 5.41. The van der Waals surface area contributed by atoms with E-state index < -0.39 is 31.2 Å². The Morgan fingerprint density at radius 1 is 1.11 bits per heavy atom. The fourth-order valence-corrected chi connectivity index (χ4v) is 0.804. The van der Waals surface area contributed by atoms with Crippen LogP contribution < -0.4 is 0 Å². The van der Waals surface area contributed by atoms with Crippen LogP contribution in [-0.4, -0.2) is 60.9 Å². The van der Waals surface area contributed by atoms with Crippen molar-refractivity contribution in [3.63, 3.8) is 0 Å². The summed E-state index contributed by atoms with van der Waals surface area (Å²) in [5.74, 6) is -0.519. The minimum Gasteiger partial charge on any atom is -0.460 e. The SMILES string of the molecule is C=C(C)C(=O)OCCOOCC(CO)(CO)CO. The molecule has 7 nitrogen and oxygen atoms in total. The summed E-state index contributed by atoms with van der Waals surface area (Å²) in [6.07, 6.45) is 0. The summed E-state index contributed by atoms with van der Waals surface area (Å²) in [4.78, 5) is 20.4. The average Bonchev–Trinajstić information content (AvgIpc) is 2.38. The van der Waals surface area contributed by atoms with Crippen LogP contribution in [0, 0.1) is 5.41 Å². The van der Waals surface area contributed by atoms with Gasteiger partial charge in [0, 0.05) is 5.57 Å². The Balaban J connectivity index is 3.67. The topological polar surface area (TPSA) is 105 Å². The lowest BCUT2D eigenvalue weighted by Crippen LogP contribution is -2.38. The van der Waals surface area contributed by atoms with Crippen LogP contribution in [0.1, 0.15) is 6.92 Å². The summed E-state index contributed by atoms with van der Waals surface area (Å²) in [7, 11) is 0. The highest BCUT2D eigenvalue weighted by Gasteiger charge is 2.29. The standard InChI is InChI=1S/C11H20O7/c1-9(2)10(15)16-3-4-17-18-8-11(5-12,6-13)7-14/h12-14H,1,3-8H2,2H3. The molecule has 3 N–H and O–H groups in total. The van der Waals surface area contributed by atoms with E-state index >= 15 is 0 Å². The third-order valence-electron chi connectivity index (χ3n) is 2.20. The Labute approximate surface area is 106 Å². The molecule has 0 aromatic carbocycles. The van der Waals surface area contributed by atoms with E-state index in [2.05, 4.69) is 11.5 Å². The Hall–Kier alpha value is -0.990. The Bertz CT molecular complexity index is 252. The van der Waals surface area contributed by atoms with E-state index in [4.69, 9.17) is 24.9 Å². The van der Waals surface area contributed by atoms with Crippen LogP contribution in [0.15, 0.2) is 12.2 Å². The molecule has 0 aliphatic heterocycles. The van der Waals surface area contributed by atoms with Gasteiger partial charge >= 0.3 is 5.97 Å². The zero-order valence-corrected chi connectivity index (χ0v) is 10.4. The number of ether oxygens (including phenoxy) is 1.